The average Bonchev–Trinajstić information content (AvgIpc) is 2.36. The van der Waals surface area contributed by atoms with Gasteiger partial charge in [-0.2, -0.15) is 4.98 Å². The van der Waals surface area contributed by atoms with E-state index in [0.717, 1.165) is 12.8 Å². The lowest BCUT2D eigenvalue weighted by Gasteiger charge is -2.47. The molecule has 1 N–H and O–H groups in total. The molecular weight excluding hydrogens is 262 g/mol. The van der Waals surface area contributed by atoms with Crippen LogP contribution in [-0.4, -0.2) is 53.1 Å². The van der Waals surface area contributed by atoms with Crippen molar-refractivity contribution < 1.29 is 9.66 Å². The molecule has 8 heteroatoms. The minimum Gasteiger partial charge on any atom is -0.476 e. The Kier molecular flexibility index (Phi) is 4.03. The molecule has 0 unspecified atom stereocenters. The van der Waals surface area contributed by atoms with E-state index in [2.05, 4.69) is 20.2 Å². The van der Waals surface area contributed by atoms with Crippen molar-refractivity contribution in [2.24, 2.45) is 0 Å². The van der Waals surface area contributed by atoms with Gasteiger partial charge in [0.1, 0.15) is 6.33 Å². The number of nitrogens with one attached hydrogen (secondary N) is 1. The van der Waals surface area contributed by atoms with Crippen molar-refractivity contribution in [2.45, 2.75) is 24.8 Å². The maximum absolute atomic E-state index is 11.1. The molecule has 0 atom stereocenters. The summed E-state index contributed by atoms with van der Waals surface area (Å²) in [4.78, 5) is 20.5. The first-order valence-electron chi connectivity index (χ1n) is 6.45. The summed E-state index contributed by atoms with van der Waals surface area (Å²) in [5.41, 5.74) is -0.172. The maximum Gasteiger partial charge on any atom is 0.372 e. The van der Waals surface area contributed by atoms with Gasteiger partial charge in [-0.05, 0) is 33.4 Å². The van der Waals surface area contributed by atoms with E-state index in [-0.39, 0.29) is 22.9 Å². The molecule has 1 aliphatic carbocycles. The van der Waals surface area contributed by atoms with Crippen molar-refractivity contribution in [3.8, 4) is 5.88 Å². The first kappa shape index (κ1) is 14.4. The Morgan fingerprint density at radius 2 is 2.20 bits per heavy atom. The van der Waals surface area contributed by atoms with E-state index >= 15 is 0 Å². The molecule has 1 saturated carbocycles. The second-order valence-electron chi connectivity index (χ2n) is 5.16. The van der Waals surface area contributed by atoms with Crippen molar-refractivity contribution in [2.75, 3.05) is 33.1 Å². The molecule has 0 saturated heterocycles. The predicted octanol–water partition coefficient (Wildman–Crippen LogP) is 1.29. The number of anilines is 1. The summed E-state index contributed by atoms with van der Waals surface area (Å²) in [6, 6.07) is 0. The third-order valence-electron chi connectivity index (χ3n) is 3.98. The molecule has 1 fully saturated rings. The fraction of sp³-hybridized carbons (Fsp3) is 0.667. The number of likely N-dealkylation sites (N-methyl/N-ethyl adjacent to an activating group) is 1. The van der Waals surface area contributed by atoms with Crippen molar-refractivity contribution in [1.82, 2.24) is 14.9 Å². The molecule has 8 nitrogen and oxygen atoms in total. The van der Waals surface area contributed by atoms with E-state index in [1.807, 2.05) is 14.1 Å². The molecule has 1 heterocycles. The van der Waals surface area contributed by atoms with E-state index in [4.69, 9.17) is 4.74 Å². The molecule has 0 bridgehead atoms. The largest absolute Gasteiger partial charge is 0.476 e. The van der Waals surface area contributed by atoms with E-state index < -0.39 is 4.92 Å². The lowest BCUT2D eigenvalue weighted by Crippen LogP contribution is -2.54. The number of ether oxygens (including phenoxy) is 1. The van der Waals surface area contributed by atoms with Crippen LogP contribution in [0, 0.1) is 10.1 Å². The minimum absolute atomic E-state index is 0.0278. The molecule has 0 radical (unpaired) electrons. The molecule has 1 aromatic heterocycles. The highest BCUT2D eigenvalue weighted by Crippen LogP contribution is 2.37. The van der Waals surface area contributed by atoms with Gasteiger partial charge in [0.25, 0.3) is 5.88 Å². The zero-order valence-corrected chi connectivity index (χ0v) is 11.9. The number of nitro groups is 1. The van der Waals surface area contributed by atoms with Gasteiger partial charge in [0.05, 0.1) is 12.0 Å². The summed E-state index contributed by atoms with van der Waals surface area (Å²) in [6.45, 7) is 0.612. The Morgan fingerprint density at radius 1 is 1.50 bits per heavy atom. The Hall–Kier alpha value is -1.96. The van der Waals surface area contributed by atoms with Crippen molar-refractivity contribution >= 4 is 11.5 Å². The van der Waals surface area contributed by atoms with Gasteiger partial charge in [0, 0.05) is 12.1 Å². The summed E-state index contributed by atoms with van der Waals surface area (Å²) in [5, 5.41) is 14.2. The molecular formula is C12H19N5O3. The van der Waals surface area contributed by atoms with Crippen LogP contribution in [0.25, 0.3) is 0 Å². The molecule has 0 spiro atoms. The number of hydrogen-bond acceptors (Lipinski definition) is 7. The topological polar surface area (TPSA) is 93.4 Å². The standard InChI is InChI=1S/C12H19N5O3/c1-16(2)12(5-4-6-12)7-13-10-9(17(18)19)11(20-3)15-8-14-10/h8H,4-7H2,1-3H3,(H,13,14,15). The highest BCUT2D eigenvalue weighted by molar-refractivity contribution is 5.61. The molecule has 0 aromatic carbocycles. The SMILES string of the molecule is COc1ncnc(NCC2(N(C)C)CCC2)c1[N+](=O)[O-]. The molecule has 20 heavy (non-hydrogen) atoms. The van der Waals surface area contributed by atoms with E-state index in [1.54, 1.807) is 0 Å². The zero-order chi connectivity index (χ0) is 14.8. The fourth-order valence-electron chi connectivity index (χ4n) is 2.42. The van der Waals surface area contributed by atoms with Crippen LogP contribution in [0.3, 0.4) is 0 Å². The molecule has 0 aliphatic heterocycles. The highest BCUT2D eigenvalue weighted by Gasteiger charge is 2.39. The number of nitrogens with zero attached hydrogens (tertiary/aromatic N) is 4. The van der Waals surface area contributed by atoms with Crippen LogP contribution in [0.15, 0.2) is 6.33 Å². The average molecular weight is 281 g/mol. The van der Waals surface area contributed by atoms with Crippen LogP contribution in [0.5, 0.6) is 5.88 Å². The quantitative estimate of drug-likeness (QED) is 0.620. The van der Waals surface area contributed by atoms with Crippen LogP contribution < -0.4 is 10.1 Å². The van der Waals surface area contributed by atoms with Gasteiger partial charge in [0.2, 0.25) is 5.82 Å². The Bertz CT molecular complexity index is 502. The normalized spacial score (nSPS) is 16.6. The summed E-state index contributed by atoms with van der Waals surface area (Å²) in [5.74, 6) is 0.176. The van der Waals surface area contributed by atoms with Crippen molar-refractivity contribution in [1.29, 1.82) is 0 Å². The van der Waals surface area contributed by atoms with Crippen molar-refractivity contribution in [3.63, 3.8) is 0 Å². The molecule has 0 amide bonds. The smallest absolute Gasteiger partial charge is 0.372 e. The number of rotatable bonds is 6. The number of methoxy groups -OCH3 is 1. The Morgan fingerprint density at radius 3 is 2.65 bits per heavy atom. The maximum atomic E-state index is 11.1. The lowest BCUT2D eigenvalue weighted by atomic mass is 9.75. The summed E-state index contributed by atoms with van der Waals surface area (Å²) >= 11 is 0. The van der Waals surface area contributed by atoms with E-state index in [1.165, 1.54) is 19.9 Å². The van der Waals surface area contributed by atoms with Gasteiger partial charge in [-0.1, -0.05) is 0 Å². The Labute approximate surface area is 117 Å². The van der Waals surface area contributed by atoms with Crippen molar-refractivity contribution in [3.05, 3.63) is 16.4 Å². The van der Waals surface area contributed by atoms with Gasteiger partial charge < -0.3 is 15.0 Å². The van der Waals surface area contributed by atoms with Crippen LogP contribution >= 0.6 is 0 Å². The predicted molar refractivity (Wildman–Crippen MR) is 74.0 cm³/mol. The summed E-state index contributed by atoms with van der Waals surface area (Å²) in [6.07, 6.45) is 4.58. The highest BCUT2D eigenvalue weighted by atomic mass is 16.6. The molecule has 1 aromatic rings. The summed E-state index contributed by atoms with van der Waals surface area (Å²) in [7, 11) is 5.40. The van der Waals surface area contributed by atoms with Gasteiger partial charge in [-0.15, -0.1) is 0 Å². The van der Waals surface area contributed by atoms with Gasteiger partial charge >= 0.3 is 5.69 Å². The first-order valence-corrected chi connectivity index (χ1v) is 6.45. The van der Waals surface area contributed by atoms with Gasteiger partial charge in [-0.25, -0.2) is 4.98 Å². The number of hydrogen-bond donors (Lipinski definition) is 1. The molecule has 2 rings (SSSR count). The third kappa shape index (κ3) is 2.51. The Balaban J connectivity index is 2.19. The second kappa shape index (κ2) is 5.58. The third-order valence-corrected chi connectivity index (χ3v) is 3.98. The minimum atomic E-state index is -0.524. The molecule has 1 aliphatic rings. The lowest BCUT2D eigenvalue weighted by molar-refractivity contribution is -0.385. The van der Waals surface area contributed by atoms with Crippen LogP contribution in [0.2, 0.25) is 0 Å². The van der Waals surface area contributed by atoms with Crippen LogP contribution in [-0.2, 0) is 0 Å². The zero-order valence-electron chi connectivity index (χ0n) is 11.9. The van der Waals surface area contributed by atoms with Crippen LogP contribution in [0.1, 0.15) is 19.3 Å². The van der Waals surface area contributed by atoms with E-state index in [0.29, 0.717) is 6.54 Å². The molecule has 110 valence electrons. The fourth-order valence-corrected chi connectivity index (χ4v) is 2.42. The monoisotopic (exact) mass is 281 g/mol. The van der Waals surface area contributed by atoms with Gasteiger partial charge in [0.15, 0.2) is 0 Å². The van der Waals surface area contributed by atoms with Crippen LogP contribution in [0.4, 0.5) is 11.5 Å². The van der Waals surface area contributed by atoms with E-state index in [9.17, 15) is 10.1 Å². The van der Waals surface area contributed by atoms with Gasteiger partial charge in [-0.3, -0.25) is 10.1 Å². The second-order valence-corrected chi connectivity index (χ2v) is 5.16. The first-order chi connectivity index (χ1) is 9.50. The number of aromatic nitrogens is 2. The summed E-state index contributed by atoms with van der Waals surface area (Å²) < 4.78 is 4.92.